The predicted molar refractivity (Wildman–Crippen MR) is 84.0 cm³/mol. The van der Waals surface area contributed by atoms with Crippen LogP contribution in [0.15, 0.2) is 22.0 Å². The summed E-state index contributed by atoms with van der Waals surface area (Å²) in [7, 11) is 0. The van der Waals surface area contributed by atoms with Crippen LogP contribution >= 0.6 is 27.3 Å². The standard InChI is InChI=1S/C14H19BrN2OS/c1-10(16)11-3-2-6-17(8-11)14(18)5-4-13-7-12(15)9-19-13/h4-5,7,9-11H,2-3,6,8,16H2,1H3. The maximum absolute atomic E-state index is 12.1. The fourth-order valence-corrected chi connectivity index (χ4v) is 3.65. The molecule has 0 saturated carbocycles. The Morgan fingerprint density at radius 3 is 3.11 bits per heavy atom. The smallest absolute Gasteiger partial charge is 0.246 e. The van der Waals surface area contributed by atoms with Gasteiger partial charge in [0, 0.05) is 39.9 Å². The number of halogens is 1. The lowest BCUT2D eigenvalue weighted by molar-refractivity contribution is -0.127. The molecular formula is C14H19BrN2OS. The molecule has 0 aromatic carbocycles. The zero-order chi connectivity index (χ0) is 13.8. The fourth-order valence-electron chi connectivity index (χ4n) is 2.31. The number of likely N-dealkylation sites (tertiary alicyclic amines) is 1. The molecule has 2 atom stereocenters. The van der Waals surface area contributed by atoms with Crippen molar-refractivity contribution in [1.82, 2.24) is 4.90 Å². The van der Waals surface area contributed by atoms with Gasteiger partial charge >= 0.3 is 0 Å². The van der Waals surface area contributed by atoms with Gasteiger partial charge in [-0.3, -0.25) is 4.79 Å². The van der Waals surface area contributed by atoms with Gasteiger partial charge in [0.05, 0.1) is 0 Å². The van der Waals surface area contributed by atoms with Crippen molar-refractivity contribution in [2.75, 3.05) is 13.1 Å². The van der Waals surface area contributed by atoms with Crippen molar-refractivity contribution in [1.29, 1.82) is 0 Å². The summed E-state index contributed by atoms with van der Waals surface area (Å²) in [6, 6.07) is 2.17. The largest absolute Gasteiger partial charge is 0.339 e. The SMILES string of the molecule is CC(N)C1CCCN(C(=O)C=Cc2cc(Br)cs2)C1. The molecule has 104 valence electrons. The van der Waals surface area contributed by atoms with E-state index in [1.807, 2.05) is 29.3 Å². The Labute approximate surface area is 126 Å². The first kappa shape index (κ1) is 14.8. The van der Waals surface area contributed by atoms with E-state index in [9.17, 15) is 4.79 Å². The van der Waals surface area contributed by atoms with Crippen LogP contribution in [0.25, 0.3) is 6.08 Å². The molecule has 19 heavy (non-hydrogen) atoms. The van der Waals surface area contributed by atoms with Crippen LogP contribution in [0.4, 0.5) is 0 Å². The number of hydrogen-bond donors (Lipinski definition) is 1. The molecule has 2 heterocycles. The van der Waals surface area contributed by atoms with Crippen LogP contribution in [-0.4, -0.2) is 29.9 Å². The van der Waals surface area contributed by atoms with Crippen LogP contribution in [0.5, 0.6) is 0 Å². The molecule has 5 heteroatoms. The molecule has 1 aliphatic rings. The van der Waals surface area contributed by atoms with E-state index >= 15 is 0 Å². The Bertz CT molecular complexity index is 470. The number of rotatable bonds is 3. The van der Waals surface area contributed by atoms with Gasteiger partial charge in [-0.1, -0.05) is 0 Å². The lowest BCUT2D eigenvalue weighted by Crippen LogP contribution is -2.44. The van der Waals surface area contributed by atoms with Crippen LogP contribution in [0.2, 0.25) is 0 Å². The zero-order valence-electron chi connectivity index (χ0n) is 11.0. The summed E-state index contributed by atoms with van der Waals surface area (Å²) in [5.74, 6) is 0.525. The molecule has 1 aromatic heterocycles. The second kappa shape index (κ2) is 6.68. The van der Waals surface area contributed by atoms with E-state index < -0.39 is 0 Å². The first-order chi connectivity index (χ1) is 9.06. The monoisotopic (exact) mass is 342 g/mol. The van der Waals surface area contributed by atoms with Crippen molar-refractivity contribution in [3.63, 3.8) is 0 Å². The molecule has 1 aromatic rings. The minimum atomic E-state index is 0.0925. The van der Waals surface area contributed by atoms with Gasteiger partial charge in [-0.15, -0.1) is 11.3 Å². The van der Waals surface area contributed by atoms with Crippen molar-refractivity contribution < 1.29 is 4.79 Å². The van der Waals surface area contributed by atoms with Crippen LogP contribution in [-0.2, 0) is 4.79 Å². The maximum Gasteiger partial charge on any atom is 0.246 e. The highest BCUT2D eigenvalue weighted by Crippen LogP contribution is 2.22. The summed E-state index contributed by atoms with van der Waals surface area (Å²) in [6.07, 6.45) is 5.73. The summed E-state index contributed by atoms with van der Waals surface area (Å²) in [4.78, 5) is 15.1. The van der Waals surface area contributed by atoms with Crippen molar-refractivity contribution >= 4 is 39.2 Å². The van der Waals surface area contributed by atoms with Crippen molar-refractivity contribution in [2.24, 2.45) is 11.7 Å². The van der Waals surface area contributed by atoms with Gasteiger partial charge in [-0.05, 0) is 53.8 Å². The van der Waals surface area contributed by atoms with Gasteiger partial charge in [-0.2, -0.15) is 0 Å². The normalized spacial score (nSPS) is 21.8. The third-order valence-corrected chi connectivity index (χ3v) is 5.15. The Morgan fingerprint density at radius 2 is 2.47 bits per heavy atom. The zero-order valence-corrected chi connectivity index (χ0v) is 13.4. The van der Waals surface area contributed by atoms with Crippen LogP contribution in [0.3, 0.4) is 0 Å². The molecular weight excluding hydrogens is 324 g/mol. The quantitative estimate of drug-likeness (QED) is 0.858. The van der Waals surface area contributed by atoms with E-state index in [-0.39, 0.29) is 11.9 Å². The minimum Gasteiger partial charge on any atom is -0.339 e. The number of piperidine rings is 1. The molecule has 2 N–H and O–H groups in total. The first-order valence-electron chi connectivity index (χ1n) is 6.53. The Kier molecular flexibility index (Phi) is 5.19. The number of amides is 1. The average molecular weight is 343 g/mol. The third-order valence-electron chi connectivity index (χ3n) is 3.49. The fraction of sp³-hybridized carbons (Fsp3) is 0.500. The summed E-state index contributed by atoms with van der Waals surface area (Å²) in [6.45, 7) is 3.66. The molecule has 0 bridgehead atoms. The second-order valence-electron chi connectivity index (χ2n) is 5.05. The Hall–Kier alpha value is -0.650. The van der Waals surface area contributed by atoms with Crippen molar-refractivity contribution in [3.8, 4) is 0 Å². The molecule has 1 aliphatic heterocycles. The molecule has 0 aliphatic carbocycles. The third kappa shape index (κ3) is 4.16. The highest BCUT2D eigenvalue weighted by atomic mass is 79.9. The average Bonchev–Trinajstić information content (AvgIpc) is 2.82. The number of thiophene rings is 1. The topological polar surface area (TPSA) is 46.3 Å². The van der Waals surface area contributed by atoms with E-state index in [4.69, 9.17) is 5.73 Å². The number of nitrogens with two attached hydrogens (primary N) is 1. The summed E-state index contributed by atoms with van der Waals surface area (Å²) in [5, 5.41) is 2.01. The lowest BCUT2D eigenvalue weighted by atomic mass is 9.92. The Morgan fingerprint density at radius 1 is 1.68 bits per heavy atom. The van der Waals surface area contributed by atoms with Gasteiger partial charge < -0.3 is 10.6 Å². The molecule has 0 radical (unpaired) electrons. The first-order valence-corrected chi connectivity index (χ1v) is 8.20. The number of nitrogens with zero attached hydrogens (tertiary/aromatic N) is 1. The Balaban J connectivity index is 1.94. The molecule has 3 nitrogen and oxygen atoms in total. The van der Waals surface area contributed by atoms with Crippen LogP contribution < -0.4 is 5.73 Å². The maximum atomic E-state index is 12.1. The second-order valence-corrected chi connectivity index (χ2v) is 6.90. The molecule has 2 rings (SSSR count). The molecule has 1 amide bonds. The molecule has 0 spiro atoms. The van der Waals surface area contributed by atoms with Gasteiger partial charge in [0.2, 0.25) is 5.91 Å². The number of carbonyl (C=O) groups is 1. The number of hydrogen-bond acceptors (Lipinski definition) is 3. The highest BCUT2D eigenvalue weighted by molar-refractivity contribution is 9.10. The summed E-state index contributed by atoms with van der Waals surface area (Å²) >= 11 is 5.03. The van der Waals surface area contributed by atoms with Gasteiger partial charge in [0.15, 0.2) is 0 Å². The van der Waals surface area contributed by atoms with Gasteiger partial charge in [-0.25, -0.2) is 0 Å². The highest BCUT2D eigenvalue weighted by Gasteiger charge is 2.24. The van der Waals surface area contributed by atoms with Crippen LogP contribution in [0.1, 0.15) is 24.6 Å². The van der Waals surface area contributed by atoms with E-state index in [2.05, 4.69) is 15.9 Å². The van der Waals surface area contributed by atoms with Crippen LogP contribution in [0, 0.1) is 5.92 Å². The van der Waals surface area contributed by atoms with E-state index in [1.54, 1.807) is 17.4 Å². The summed E-state index contributed by atoms with van der Waals surface area (Å²) < 4.78 is 1.06. The molecule has 1 fully saturated rings. The van der Waals surface area contributed by atoms with E-state index in [0.717, 1.165) is 35.3 Å². The van der Waals surface area contributed by atoms with Gasteiger partial charge in [0.1, 0.15) is 0 Å². The summed E-state index contributed by atoms with van der Waals surface area (Å²) in [5.41, 5.74) is 5.94. The van der Waals surface area contributed by atoms with Gasteiger partial charge in [0.25, 0.3) is 0 Å². The number of carbonyl (C=O) groups excluding carboxylic acids is 1. The van der Waals surface area contributed by atoms with E-state index in [0.29, 0.717) is 5.92 Å². The molecule has 2 unspecified atom stereocenters. The lowest BCUT2D eigenvalue weighted by Gasteiger charge is -2.34. The van der Waals surface area contributed by atoms with Crippen molar-refractivity contribution in [3.05, 3.63) is 26.9 Å². The molecule has 1 saturated heterocycles. The van der Waals surface area contributed by atoms with E-state index in [1.165, 1.54) is 0 Å². The predicted octanol–water partition coefficient (Wildman–Crippen LogP) is 3.11. The van der Waals surface area contributed by atoms with Crippen molar-refractivity contribution in [2.45, 2.75) is 25.8 Å². The minimum absolute atomic E-state index is 0.0925.